The van der Waals surface area contributed by atoms with Gasteiger partial charge < -0.3 is 18.9 Å². The van der Waals surface area contributed by atoms with Crippen LogP contribution in [0.3, 0.4) is 0 Å². The topological polar surface area (TPSA) is 95.8 Å². The minimum absolute atomic E-state index is 0.145. The Hall–Kier alpha value is -3.94. The van der Waals surface area contributed by atoms with Crippen LogP contribution < -0.4 is 9.47 Å². The molecule has 0 spiro atoms. The molecule has 0 unspecified atom stereocenters. The molecule has 0 aliphatic rings. The molecule has 0 bridgehead atoms. The minimum Gasteiger partial charge on any atom is -0.490 e. The van der Waals surface area contributed by atoms with Crippen LogP contribution in [0.15, 0.2) is 84.1 Å². The largest absolute Gasteiger partial charge is 0.490 e. The van der Waals surface area contributed by atoms with Crippen molar-refractivity contribution in [3.63, 3.8) is 0 Å². The van der Waals surface area contributed by atoms with E-state index >= 15 is 0 Å². The molecule has 8 heteroatoms. The van der Waals surface area contributed by atoms with E-state index in [1.807, 2.05) is 0 Å². The Labute approximate surface area is 174 Å². The molecule has 2 aromatic carbocycles. The summed E-state index contributed by atoms with van der Waals surface area (Å²) in [6.45, 7) is 7.40. The third-order valence-corrected chi connectivity index (χ3v) is 3.48. The second-order valence-electron chi connectivity index (χ2n) is 5.63. The van der Waals surface area contributed by atoms with Gasteiger partial charge in [0.15, 0.2) is 0 Å². The third kappa shape index (κ3) is 8.39. The number of hydrogen-bond acceptors (Lipinski definition) is 8. The first kappa shape index (κ1) is 22.4. The quantitative estimate of drug-likeness (QED) is 0.224. The predicted octanol–water partition coefficient (Wildman–Crippen LogP) is 4.32. The molecule has 0 aliphatic carbocycles. The van der Waals surface area contributed by atoms with E-state index in [4.69, 9.17) is 18.9 Å². The number of carbonyl (C=O) groups excluding carboxylic acids is 2. The summed E-state index contributed by atoms with van der Waals surface area (Å²) in [6, 6.07) is 14.0. The molecule has 2 aromatic rings. The van der Waals surface area contributed by atoms with Gasteiger partial charge in [0, 0.05) is 12.2 Å². The lowest BCUT2D eigenvalue weighted by atomic mass is 10.3. The number of hydrogen-bond donors (Lipinski definition) is 0. The first-order valence-electron chi connectivity index (χ1n) is 9.06. The summed E-state index contributed by atoms with van der Waals surface area (Å²) in [7, 11) is 0. The first-order valence-corrected chi connectivity index (χ1v) is 9.06. The van der Waals surface area contributed by atoms with Crippen molar-refractivity contribution in [3.8, 4) is 11.5 Å². The van der Waals surface area contributed by atoms with Crippen LogP contribution in [-0.2, 0) is 19.1 Å². The van der Waals surface area contributed by atoms with E-state index in [1.165, 1.54) is 0 Å². The standard InChI is InChI=1S/C22H22N2O6/c1-3-21(25)29-15-13-27-19-9-5-17(6-10-19)23-24-18-7-11-20(12-8-18)28-14-16-30-22(26)4-2/h3-12H,1-2,13-16H2. The number of carbonyl (C=O) groups is 2. The van der Waals surface area contributed by atoms with Gasteiger partial charge in [-0.1, -0.05) is 13.2 Å². The average Bonchev–Trinajstić information content (AvgIpc) is 2.79. The smallest absolute Gasteiger partial charge is 0.330 e. The molecule has 0 saturated heterocycles. The van der Waals surface area contributed by atoms with Crippen LogP contribution in [0.2, 0.25) is 0 Å². The Morgan fingerprint density at radius 2 is 1.03 bits per heavy atom. The molecule has 0 radical (unpaired) electrons. The molecule has 0 N–H and O–H groups in total. The van der Waals surface area contributed by atoms with Crippen LogP contribution in [0.1, 0.15) is 0 Å². The van der Waals surface area contributed by atoms with Crippen molar-refractivity contribution < 1.29 is 28.5 Å². The highest BCUT2D eigenvalue weighted by Crippen LogP contribution is 2.23. The lowest BCUT2D eigenvalue weighted by molar-refractivity contribution is -0.139. The molecular weight excluding hydrogens is 388 g/mol. The Kier molecular flexibility index (Phi) is 9.32. The van der Waals surface area contributed by atoms with Crippen molar-refractivity contribution in [1.29, 1.82) is 0 Å². The summed E-state index contributed by atoms with van der Waals surface area (Å²) in [5, 5.41) is 8.33. The Balaban J connectivity index is 1.75. The molecule has 156 valence electrons. The van der Waals surface area contributed by atoms with E-state index < -0.39 is 11.9 Å². The maximum atomic E-state index is 10.9. The maximum absolute atomic E-state index is 10.9. The molecule has 30 heavy (non-hydrogen) atoms. The van der Waals surface area contributed by atoms with Crippen molar-refractivity contribution in [2.75, 3.05) is 26.4 Å². The fourth-order valence-electron chi connectivity index (χ4n) is 2.05. The molecule has 0 amide bonds. The summed E-state index contributed by atoms with van der Waals surface area (Å²) < 4.78 is 20.6. The van der Waals surface area contributed by atoms with Crippen LogP contribution >= 0.6 is 0 Å². The molecule has 2 rings (SSSR count). The molecule has 8 nitrogen and oxygen atoms in total. The zero-order valence-electron chi connectivity index (χ0n) is 16.4. The number of esters is 2. The zero-order chi connectivity index (χ0) is 21.6. The van der Waals surface area contributed by atoms with E-state index in [0.717, 1.165) is 12.2 Å². The normalized spacial score (nSPS) is 10.3. The van der Waals surface area contributed by atoms with Gasteiger partial charge in [-0.05, 0) is 48.5 Å². The number of benzene rings is 2. The van der Waals surface area contributed by atoms with E-state index in [-0.39, 0.29) is 26.4 Å². The van der Waals surface area contributed by atoms with Gasteiger partial charge in [-0.3, -0.25) is 0 Å². The van der Waals surface area contributed by atoms with Crippen LogP contribution in [-0.4, -0.2) is 38.4 Å². The third-order valence-electron chi connectivity index (χ3n) is 3.48. The van der Waals surface area contributed by atoms with Gasteiger partial charge in [0.2, 0.25) is 0 Å². The SMILES string of the molecule is C=CC(=O)OCCOc1ccc(N=Nc2ccc(OCCOC(=O)C=C)cc2)cc1. The molecular formula is C22H22N2O6. The monoisotopic (exact) mass is 410 g/mol. The van der Waals surface area contributed by atoms with Crippen LogP contribution in [0.25, 0.3) is 0 Å². The summed E-state index contributed by atoms with van der Waals surface area (Å²) in [6.07, 6.45) is 2.20. The Morgan fingerprint density at radius 3 is 1.37 bits per heavy atom. The number of nitrogens with zero attached hydrogens (tertiary/aromatic N) is 2. The predicted molar refractivity (Wildman–Crippen MR) is 110 cm³/mol. The summed E-state index contributed by atoms with van der Waals surface area (Å²) >= 11 is 0. The van der Waals surface area contributed by atoms with Crippen molar-refractivity contribution in [1.82, 2.24) is 0 Å². The second-order valence-corrected chi connectivity index (χ2v) is 5.63. The van der Waals surface area contributed by atoms with Gasteiger partial charge in [-0.25, -0.2) is 9.59 Å². The second kappa shape index (κ2) is 12.5. The molecule has 0 aromatic heterocycles. The van der Waals surface area contributed by atoms with Gasteiger partial charge in [0.1, 0.15) is 37.9 Å². The van der Waals surface area contributed by atoms with Gasteiger partial charge in [0.25, 0.3) is 0 Å². The molecule has 0 saturated carbocycles. The maximum Gasteiger partial charge on any atom is 0.330 e. The summed E-state index contributed by atoms with van der Waals surface area (Å²) in [5.41, 5.74) is 1.31. The lowest BCUT2D eigenvalue weighted by Crippen LogP contribution is -2.09. The fraction of sp³-hybridized carbons (Fsp3) is 0.182. The summed E-state index contributed by atoms with van der Waals surface area (Å²) in [4.78, 5) is 21.8. The van der Waals surface area contributed by atoms with Gasteiger partial charge in [0.05, 0.1) is 11.4 Å². The first-order chi connectivity index (χ1) is 14.6. The fourth-order valence-corrected chi connectivity index (χ4v) is 2.05. The van der Waals surface area contributed by atoms with Crippen LogP contribution in [0, 0.1) is 0 Å². The summed E-state index contributed by atoms with van der Waals surface area (Å²) in [5.74, 6) is 0.290. The highest BCUT2D eigenvalue weighted by atomic mass is 16.6. The highest BCUT2D eigenvalue weighted by molar-refractivity contribution is 5.81. The van der Waals surface area contributed by atoms with Gasteiger partial charge in [-0.2, -0.15) is 10.2 Å². The number of ether oxygens (including phenoxy) is 4. The Bertz CT molecular complexity index is 802. The average molecular weight is 410 g/mol. The van der Waals surface area contributed by atoms with E-state index in [0.29, 0.717) is 22.9 Å². The van der Waals surface area contributed by atoms with Gasteiger partial charge >= 0.3 is 11.9 Å². The van der Waals surface area contributed by atoms with E-state index in [1.54, 1.807) is 48.5 Å². The number of azo groups is 1. The van der Waals surface area contributed by atoms with Crippen LogP contribution in [0.4, 0.5) is 11.4 Å². The van der Waals surface area contributed by atoms with Crippen molar-refractivity contribution in [2.24, 2.45) is 10.2 Å². The Morgan fingerprint density at radius 1 is 0.667 bits per heavy atom. The van der Waals surface area contributed by atoms with Crippen molar-refractivity contribution in [3.05, 3.63) is 73.8 Å². The molecule has 0 heterocycles. The van der Waals surface area contributed by atoms with Crippen LogP contribution in [0.5, 0.6) is 11.5 Å². The lowest BCUT2D eigenvalue weighted by Gasteiger charge is -2.06. The minimum atomic E-state index is -0.483. The van der Waals surface area contributed by atoms with Gasteiger partial charge in [-0.15, -0.1) is 0 Å². The molecule has 0 fully saturated rings. The van der Waals surface area contributed by atoms with Crippen molar-refractivity contribution >= 4 is 23.3 Å². The van der Waals surface area contributed by atoms with E-state index in [9.17, 15) is 9.59 Å². The highest BCUT2D eigenvalue weighted by Gasteiger charge is 1.99. The zero-order valence-corrected chi connectivity index (χ0v) is 16.4. The van der Waals surface area contributed by atoms with E-state index in [2.05, 4.69) is 23.4 Å². The molecule has 0 aliphatic heterocycles. The molecule has 0 atom stereocenters. The van der Waals surface area contributed by atoms with Crippen molar-refractivity contribution in [2.45, 2.75) is 0 Å². The number of rotatable bonds is 12.